The van der Waals surface area contributed by atoms with Crippen LogP contribution in [-0.4, -0.2) is 15.7 Å². The van der Waals surface area contributed by atoms with Gasteiger partial charge in [0.25, 0.3) is 0 Å². The van der Waals surface area contributed by atoms with Crippen LogP contribution in [0.15, 0.2) is 21.0 Å². The Hall–Kier alpha value is -0.490. The Morgan fingerprint density at radius 2 is 2.00 bits per heavy atom. The standard InChI is InChI=1S/C9H8BrF2NOS/c10-7-4-6(11)5-8(12)9(7)13-15(14)2-1-3-15/h4-5H,1-3H2. The Kier molecular flexibility index (Phi) is 2.81. The van der Waals surface area contributed by atoms with Gasteiger partial charge in [0.05, 0.1) is 9.73 Å². The molecule has 15 heavy (non-hydrogen) atoms. The summed E-state index contributed by atoms with van der Waals surface area (Å²) in [4.78, 5) is 0. The number of benzene rings is 1. The SMILES string of the molecule is O=S1(=Nc2c(F)cc(F)cc2Br)CCC1. The van der Waals surface area contributed by atoms with Crippen molar-refractivity contribution in [3.63, 3.8) is 0 Å². The molecule has 0 N–H and O–H groups in total. The molecule has 1 heterocycles. The molecule has 1 aromatic rings. The minimum Gasteiger partial charge on any atom is -0.249 e. The van der Waals surface area contributed by atoms with Crippen molar-refractivity contribution >= 4 is 31.3 Å². The van der Waals surface area contributed by atoms with Gasteiger partial charge >= 0.3 is 0 Å². The Bertz CT molecular complexity index is 490. The van der Waals surface area contributed by atoms with Crippen LogP contribution >= 0.6 is 15.9 Å². The van der Waals surface area contributed by atoms with Crippen molar-refractivity contribution in [1.82, 2.24) is 0 Å². The van der Waals surface area contributed by atoms with Crippen molar-refractivity contribution in [3.8, 4) is 0 Å². The average Bonchev–Trinajstić information content (AvgIpc) is 2.08. The highest BCUT2D eigenvalue weighted by Gasteiger charge is 2.21. The van der Waals surface area contributed by atoms with E-state index in [1.807, 2.05) is 0 Å². The van der Waals surface area contributed by atoms with E-state index in [9.17, 15) is 13.0 Å². The lowest BCUT2D eigenvalue weighted by Gasteiger charge is -2.18. The van der Waals surface area contributed by atoms with E-state index < -0.39 is 21.4 Å². The Balaban J connectivity index is 2.54. The van der Waals surface area contributed by atoms with Crippen LogP contribution in [0.4, 0.5) is 14.5 Å². The second-order valence-corrected chi connectivity index (χ2v) is 6.74. The van der Waals surface area contributed by atoms with E-state index in [2.05, 4.69) is 20.3 Å². The highest BCUT2D eigenvalue weighted by atomic mass is 79.9. The predicted octanol–water partition coefficient (Wildman–Crippen LogP) is 3.23. The molecular weight excluding hydrogens is 288 g/mol. The van der Waals surface area contributed by atoms with Gasteiger partial charge in [-0.25, -0.2) is 13.0 Å². The van der Waals surface area contributed by atoms with Crippen molar-refractivity contribution < 1.29 is 13.0 Å². The highest BCUT2D eigenvalue weighted by Crippen LogP contribution is 2.32. The summed E-state index contributed by atoms with van der Waals surface area (Å²) in [6.45, 7) is 0. The smallest absolute Gasteiger partial charge is 0.153 e. The summed E-state index contributed by atoms with van der Waals surface area (Å²) in [7, 11) is -2.27. The maximum atomic E-state index is 13.3. The van der Waals surface area contributed by atoms with Crippen molar-refractivity contribution in [1.29, 1.82) is 0 Å². The Morgan fingerprint density at radius 1 is 1.33 bits per heavy atom. The second-order valence-electron chi connectivity index (χ2n) is 3.34. The third-order valence-electron chi connectivity index (χ3n) is 2.17. The molecule has 1 fully saturated rings. The quantitative estimate of drug-likeness (QED) is 0.782. The summed E-state index contributed by atoms with van der Waals surface area (Å²) >= 11 is 3.00. The molecule has 1 aliphatic heterocycles. The van der Waals surface area contributed by atoms with E-state index in [1.54, 1.807) is 0 Å². The van der Waals surface area contributed by atoms with E-state index in [4.69, 9.17) is 0 Å². The number of halogens is 3. The van der Waals surface area contributed by atoms with Crippen molar-refractivity contribution in [2.45, 2.75) is 6.42 Å². The topological polar surface area (TPSA) is 29.4 Å². The van der Waals surface area contributed by atoms with Crippen LogP contribution in [0, 0.1) is 11.6 Å². The molecule has 0 amide bonds. The van der Waals surface area contributed by atoms with Crippen LogP contribution in [0.3, 0.4) is 0 Å². The summed E-state index contributed by atoms with van der Waals surface area (Å²) in [6.07, 6.45) is 0.850. The molecular formula is C9H8BrF2NOS. The average molecular weight is 296 g/mol. The van der Waals surface area contributed by atoms with Gasteiger partial charge in [-0.15, -0.1) is 0 Å². The van der Waals surface area contributed by atoms with Gasteiger partial charge in [0.2, 0.25) is 0 Å². The zero-order chi connectivity index (χ0) is 11.1. The molecule has 1 aromatic carbocycles. The van der Waals surface area contributed by atoms with E-state index in [1.165, 1.54) is 0 Å². The summed E-state index contributed by atoms with van der Waals surface area (Å²) in [5.41, 5.74) is -0.0406. The summed E-state index contributed by atoms with van der Waals surface area (Å²) < 4.78 is 41.9. The fraction of sp³-hybridized carbons (Fsp3) is 0.333. The van der Waals surface area contributed by atoms with Gasteiger partial charge in [-0.05, 0) is 28.4 Å². The maximum absolute atomic E-state index is 13.3. The van der Waals surface area contributed by atoms with Crippen LogP contribution in [0.5, 0.6) is 0 Å². The van der Waals surface area contributed by atoms with Crippen LogP contribution in [-0.2, 0) is 9.73 Å². The largest absolute Gasteiger partial charge is 0.249 e. The number of rotatable bonds is 1. The van der Waals surface area contributed by atoms with Gasteiger partial charge in [-0.2, -0.15) is 4.36 Å². The van der Waals surface area contributed by atoms with Crippen LogP contribution < -0.4 is 0 Å². The van der Waals surface area contributed by atoms with Crippen LogP contribution in [0.1, 0.15) is 6.42 Å². The van der Waals surface area contributed by atoms with E-state index in [0.29, 0.717) is 11.5 Å². The lowest BCUT2D eigenvalue weighted by atomic mass is 10.3. The van der Waals surface area contributed by atoms with E-state index in [0.717, 1.165) is 18.6 Å². The summed E-state index contributed by atoms with van der Waals surface area (Å²) in [6, 6.07) is 1.86. The Labute approximate surface area is 95.0 Å². The van der Waals surface area contributed by atoms with Gasteiger partial charge < -0.3 is 0 Å². The first-order valence-corrected chi connectivity index (χ1v) is 7.02. The molecule has 2 rings (SSSR count). The normalized spacial score (nSPS) is 18.3. The van der Waals surface area contributed by atoms with Crippen LogP contribution in [0.2, 0.25) is 0 Å². The third kappa shape index (κ3) is 2.20. The minimum atomic E-state index is -2.27. The van der Waals surface area contributed by atoms with Crippen molar-refractivity contribution in [3.05, 3.63) is 28.2 Å². The highest BCUT2D eigenvalue weighted by molar-refractivity contribution is 9.10. The molecule has 0 aromatic heterocycles. The van der Waals surface area contributed by atoms with E-state index >= 15 is 0 Å². The molecule has 0 aliphatic carbocycles. The zero-order valence-electron chi connectivity index (χ0n) is 7.67. The lowest BCUT2D eigenvalue weighted by Crippen LogP contribution is -2.23. The summed E-state index contributed by atoms with van der Waals surface area (Å²) in [5, 5.41) is 0. The summed E-state index contributed by atoms with van der Waals surface area (Å²) in [5.74, 6) is -0.467. The number of hydrogen-bond donors (Lipinski definition) is 0. The maximum Gasteiger partial charge on any atom is 0.153 e. The number of nitrogens with zero attached hydrogens (tertiary/aromatic N) is 1. The molecule has 0 unspecified atom stereocenters. The van der Waals surface area contributed by atoms with Gasteiger partial charge in [-0.3, -0.25) is 0 Å². The van der Waals surface area contributed by atoms with Gasteiger partial charge in [0.15, 0.2) is 5.82 Å². The molecule has 0 atom stereocenters. The predicted molar refractivity (Wildman–Crippen MR) is 58.6 cm³/mol. The monoisotopic (exact) mass is 295 g/mol. The molecule has 0 saturated carbocycles. The fourth-order valence-electron chi connectivity index (χ4n) is 1.27. The van der Waals surface area contributed by atoms with Gasteiger partial charge in [0, 0.05) is 22.0 Å². The van der Waals surface area contributed by atoms with Crippen molar-refractivity contribution in [2.24, 2.45) is 4.36 Å². The molecule has 82 valence electrons. The van der Waals surface area contributed by atoms with E-state index in [-0.39, 0.29) is 10.2 Å². The first-order chi connectivity index (χ1) is 7.00. The van der Waals surface area contributed by atoms with Gasteiger partial charge in [0.1, 0.15) is 11.5 Å². The third-order valence-corrected chi connectivity index (χ3v) is 5.14. The molecule has 1 aliphatic rings. The number of hydrogen-bond acceptors (Lipinski definition) is 2. The van der Waals surface area contributed by atoms with Crippen LogP contribution in [0.25, 0.3) is 0 Å². The molecule has 2 nitrogen and oxygen atoms in total. The molecule has 0 bridgehead atoms. The molecule has 0 spiro atoms. The molecule has 0 radical (unpaired) electrons. The fourth-order valence-corrected chi connectivity index (χ4v) is 3.37. The zero-order valence-corrected chi connectivity index (χ0v) is 10.1. The molecule has 1 saturated heterocycles. The minimum absolute atomic E-state index is 0.0406. The lowest BCUT2D eigenvalue weighted by molar-refractivity contribution is 0.583. The van der Waals surface area contributed by atoms with Crippen molar-refractivity contribution in [2.75, 3.05) is 11.5 Å². The first-order valence-electron chi connectivity index (χ1n) is 4.37. The Morgan fingerprint density at radius 3 is 2.47 bits per heavy atom. The second kappa shape index (κ2) is 3.83. The van der Waals surface area contributed by atoms with Gasteiger partial charge in [-0.1, -0.05) is 0 Å². The first kappa shape index (κ1) is 11.0. The molecule has 6 heteroatoms.